The van der Waals surface area contributed by atoms with E-state index in [1.54, 1.807) is 0 Å². The summed E-state index contributed by atoms with van der Waals surface area (Å²) in [6.45, 7) is 5.05. The van der Waals surface area contributed by atoms with E-state index >= 15 is 0 Å². The van der Waals surface area contributed by atoms with Crippen LogP contribution in [0.15, 0.2) is 30.3 Å². The molecule has 6 nitrogen and oxygen atoms in total. The number of carboxylic acid groups (broad SMARTS) is 1. The van der Waals surface area contributed by atoms with Crippen molar-refractivity contribution >= 4 is 11.7 Å². The maximum absolute atomic E-state index is 10.6. The van der Waals surface area contributed by atoms with Crippen LogP contribution in [0.5, 0.6) is 0 Å². The molecule has 2 atom stereocenters. The Morgan fingerprint density at radius 3 is 2.36 bits per heavy atom. The first-order valence-electron chi connectivity index (χ1n) is 7.90. The Morgan fingerprint density at radius 1 is 1.16 bits per heavy atom. The van der Waals surface area contributed by atoms with Gasteiger partial charge in [-0.2, -0.15) is 13.2 Å². The molecule has 1 aromatic rings. The van der Waals surface area contributed by atoms with E-state index in [9.17, 15) is 13.2 Å². The number of alkyl halides is 3. The van der Waals surface area contributed by atoms with Crippen LogP contribution in [0.2, 0.25) is 0 Å². The highest BCUT2D eigenvalue weighted by Gasteiger charge is 2.38. The molecule has 9 heteroatoms. The van der Waals surface area contributed by atoms with Crippen LogP contribution in [0.3, 0.4) is 0 Å². The second kappa shape index (κ2) is 9.02. The second-order valence-corrected chi connectivity index (χ2v) is 5.61. The molecule has 0 unspecified atom stereocenters. The second-order valence-electron chi connectivity index (χ2n) is 5.61. The number of halogens is 3. The summed E-state index contributed by atoms with van der Waals surface area (Å²) in [5, 5.41) is 10.7. The van der Waals surface area contributed by atoms with Crippen molar-refractivity contribution in [1.29, 1.82) is 0 Å². The summed E-state index contributed by atoms with van der Waals surface area (Å²) in [5.41, 5.74) is 1.28. The molecule has 0 spiro atoms. The van der Waals surface area contributed by atoms with Gasteiger partial charge in [-0.15, -0.1) is 0 Å². The predicted molar refractivity (Wildman–Crippen MR) is 84.7 cm³/mol. The largest absolute Gasteiger partial charge is 0.490 e. The van der Waals surface area contributed by atoms with E-state index in [0.717, 1.165) is 39.5 Å². The Labute approximate surface area is 143 Å². The number of morpholine rings is 2. The van der Waals surface area contributed by atoms with Gasteiger partial charge in [0.1, 0.15) is 0 Å². The van der Waals surface area contributed by atoms with Crippen LogP contribution in [0.4, 0.5) is 18.9 Å². The van der Waals surface area contributed by atoms with E-state index in [4.69, 9.17) is 19.4 Å². The molecule has 2 aliphatic rings. The van der Waals surface area contributed by atoms with Gasteiger partial charge in [-0.25, -0.2) is 4.79 Å². The zero-order valence-corrected chi connectivity index (χ0v) is 13.5. The van der Waals surface area contributed by atoms with E-state index < -0.39 is 12.1 Å². The van der Waals surface area contributed by atoms with Gasteiger partial charge in [0.25, 0.3) is 0 Å². The smallest absolute Gasteiger partial charge is 0.475 e. The number of benzene rings is 1. The topological polar surface area (TPSA) is 71.0 Å². The Bertz CT molecular complexity index is 536. The highest BCUT2D eigenvalue weighted by atomic mass is 19.4. The summed E-state index contributed by atoms with van der Waals surface area (Å²) < 4.78 is 43.0. The molecule has 0 aromatic heterocycles. The summed E-state index contributed by atoms with van der Waals surface area (Å²) in [6.07, 6.45) is -5.08. The third kappa shape index (κ3) is 5.87. The van der Waals surface area contributed by atoms with Crippen LogP contribution in [-0.2, 0) is 14.3 Å². The monoisotopic (exact) mass is 362 g/mol. The summed E-state index contributed by atoms with van der Waals surface area (Å²) in [7, 11) is 0. The molecule has 0 saturated carbocycles. The number of ether oxygens (including phenoxy) is 2. The fourth-order valence-corrected chi connectivity index (χ4v) is 2.73. The fraction of sp³-hybridized carbons (Fsp3) is 0.562. The number of aliphatic carboxylic acids is 1. The molecule has 0 amide bonds. The van der Waals surface area contributed by atoms with Crippen molar-refractivity contribution in [2.75, 3.05) is 44.4 Å². The van der Waals surface area contributed by atoms with E-state index in [2.05, 4.69) is 40.5 Å². The molecule has 2 saturated heterocycles. The lowest BCUT2D eigenvalue weighted by Crippen LogP contribution is -2.60. The first kappa shape index (κ1) is 19.5. The highest BCUT2D eigenvalue weighted by Crippen LogP contribution is 2.21. The summed E-state index contributed by atoms with van der Waals surface area (Å²) in [6, 6.07) is 11.3. The minimum atomic E-state index is -5.08. The zero-order chi connectivity index (χ0) is 18.3. The van der Waals surface area contributed by atoms with E-state index in [-0.39, 0.29) is 0 Å². The van der Waals surface area contributed by atoms with Gasteiger partial charge in [-0.1, -0.05) is 18.2 Å². The summed E-state index contributed by atoms with van der Waals surface area (Å²) >= 11 is 0. The van der Waals surface area contributed by atoms with Crippen LogP contribution in [-0.4, -0.2) is 68.9 Å². The molecule has 2 aliphatic heterocycles. The minimum Gasteiger partial charge on any atom is -0.475 e. The van der Waals surface area contributed by atoms with Gasteiger partial charge >= 0.3 is 12.1 Å². The van der Waals surface area contributed by atoms with Crippen molar-refractivity contribution < 1.29 is 32.5 Å². The molecule has 140 valence electrons. The average molecular weight is 362 g/mol. The Hall–Kier alpha value is -1.84. The summed E-state index contributed by atoms with van der Waals surface area (Å²) in [5.74, 6) is -2.76. The number of anilines is 1. The van der Waals surface area contributed by atoms with Crippen LogP contribution >= 0.6 is 0 Å². The summed E-state index contributed by atoms with van der Waals surface area (Å²) in [4.78, 5) is 11.3. The van der Waals surface area contributed by atoms with Crippen molar-refractivity contribution in [3.05, 3.63) is 30.3 Å². The molecule has 1 aromatic carbocycles. The normalized spacial score (nSPS) is 24.2. The quantitative estimate of drug-likeness (QED) is 0.831. The maximum Gasteiger partial charge on any atom is 0.490 e. The molecular formula is C16H21F3N2O4. The molecule has 3 rings (SSSR count). The number of rotatable bonds is 2. The lowest BCUT2D eigenvalue weighted by Gasteiger charge is -2.43. The van der Waals surface area contributed by atoms with E-state index in [1.807, 2.05) is 0 Å². The van der Waals surface area contributed by atoms with E-state index in [0.29, 0.717) is 12.1 Å². The molecule has 0 bridgehead atoms. The number of nitrogens with one attached hydrogen (secondary N) is 1. The van der Waals surface area contributed by atoms with Gasteiger partial charge in [0.15, 0.2) is 0 Å². The van der Waals surface area contributed by atoms with Crippen molar-refractivity contribution in [2.45, 2.75) is 18.3 Å². The lowest BCUT2D eigenvalue weighted by atomic mass is 10.0. The average Bonchev–Trinajstić information content (AvgIpc) is 2.63. The number of carboxylic acids is 1. The van der Waals surface area contributed by atoms with Crippen molar-refractivity contribution in [3.63, 3.8) is 0 Å². The lowest BCUT2D eigenvalue weighted by molar-refractivity contribution is -0.192. The number of hydrogen-bond acceptors (Lipinski definition) is 5. The Morgan fingerprint density at radius 2 is 1.80 bits per heavy atom. The van der Waals surface area contributed by atoms with Gasteiger partial charge in [0.05, 0.1) is 38.5 Å². The van der Waals surface area contributed by atoms with Crippen LogP contribution in [0.1, 0.15) is 0 Å². The zero-order valence-electron chi connectivity index (χ0n) is 13.5. The van der Waals surface area contributed by atoms with Gasteiger partial charge < -0.3 is 24.8 Å². The Kier molecular flexibility index (Phi) is 7.03. The Balaban J connectivity index is 0.000000277. The predicted octanol–water partition coefficient (Wildman–Crippen LogP) is 1.51. The molecule has 2 heterocycles. The van der Waals surface area contributed by atoms with Gasteiger partial charge in [-0.3, -0.25) is 0 Å². The number of para-hydroxylation sites is 1. The van der Waals surface area contributed by atoms with Gasteiger partial charge in [0, 0.05) is 18.8 Å². The minimum absolute atomic E-state index is 0.360. The highest BCUT2D eigenvalue weighted by molar-refractivity contribution is 5.73. The van der Waals surface area contributed by atoms with E-state index in [1.165, 1.54) is 5.69 Å². The van der Waals surface area contributed by atoms with Crippen molar-refractivity contribution in [3.8, 4) is 0 Å². The number of carbonyl (C=O) groups is 1. The van der Waals surface area contributed by atoms with Gasteiger partial charge in [-0.05, 0) is 12.1 Å². The first-order chi connectivity index (χ1) is 11.9. The van der Waals surface area contributed by atoms with Crippen LogP contribution < -0.4 is 10.2 Å². The number of nitrogens with zero attached hydrogens (tertiary/aromatic N) is 1. The van der Waals surface area contributed by atoms with Crippen LogP contribution in [0.25, 0.3) is 0 Å². The molecular weight excluding hydrogens is 341 g/mol. The molecule has 0 aliphatic carbocycles. The molecule has 25 heavy (non-hydrogen) atoms. The third-order valence-electron chi connectivity index (χ3n) is 3.91. The SMILES string of the molecule is O=C(O)C(F)(F)F.c1ccc(N2CCOC[C@@H]2[C@H]2COCCN2)cc1. The fourth-order valence-electron chi connectivity index (χ4n) is 2.73. The maximum atomic E-state index is 10.6. The first-order valence-corrected chi connectivity index (χ1v) is 7.90. The standard InChI is InChI=1S/C14H20N2O2.C2HF3O2/c1-2-4-12(5-3-1)16-7-9-18-11-14(16)13-10-17-8-6-15-13;3-2(4,5)1(6)7/h1-5,13-15H,6-11H2;(H,6,7)/t13-,14-;/m1./s1. The molecule has 2 fully saturated rings. The third-order valence-corrected chi connectivity index (χ3v) is 3.91. The molecule has 2 N–H and O–H groups in total. The van der Waals surface area contributed by atoms with Crippen molar-refractivity contribution in [2.24, 2.45) is 0 Å². The van der Waals surface area contributed by atoms with Crippen molar-refractivity contribution in [1.82, 2.24) is 5.32 Å². The number of hydrogen-bond donors (Lipinski definition) is 2. The van der Waals surface area contributed by atoms with Crippen LogP contribution in [0, 0.1) is 0 Å². The molecule has 0 radical (unpaired) electrons. The van der Waals surface area contributed by atoms with Gasteiger partial charge in [0.2, 0.25) is 0 Å².